The average Bonchev–Trinajstić information content (AvgIpc) is 2.58. The molecule has 2 heterocycles. The topological polar surface area (TPSA) is 18.5 Å². The van der Waals surface area contributed by atoms with Crippen molar-refractivity contribution in [2.45, 2.75) is 12.5 Å². The van der Waals surface area contributed by atoms with Gasteiger partial charge in [0.25, 0.3) is 0 Å². The summed E-state index contributed by atoms with van der Waals surface area (Å²) < 4.78 is 10.7. The van der Waals surface area contributed by atoms with E-state index in [-0.39, 0.29) is 0 Å². The Hall–Kier alpha value is -0.760. The first-order chi connectivity index (χ1) is 5.47. The van der Waals surface area contributed by atoms with Crippen LogP contribution in [-0.4, -0.2) is 19.3 Å². The van der Waals surface area contributed by atoms with Crippen molar-refractivity contribution >= 4 is 0 Å². The lowest BCUT2D eigenvalue weighted by Gasteiger charge is -2.22. The Balaban J connectivity index is 1.93. The minimum absolute atomic E-state index is 0.326. The fourth-order valence-corrected chi connectivity index (χ4v) is 1.47. The molecule has 0 saturated carbocycles. The van der Waals surface area contributed by atoms with Crippen LogP contribution < -0.4 is 0 Å². The van der Waals surface area contributed by atoms with E-state index in [9.17, 15) is 0 Å². The standard InChI is InChI=1S/C9H12O2/c1-3-8(7-10-5-1)9-4-2-6-11-9/h1-3,6,8-9H,4-5,7H2. The van der Waals surface area contributed by atoms with E-state index >= 15 is 0 Å². The maximum atomic E-state index is 5.38. The van der Waals surface area contributed by atoms with Gasteiger partial charge in [0.15, 0.2) is 0 Å². The molecule has 2 atom stereocenters. The van der Waals surface area contributed by atoms with E-state index in [0.717, 1.165) is 19.6 Å². The molecule has 0 radical (unpaired) electrons. The molecule has 2 nitrogen and oxygen atoms in total. The van der Waals surface area contributed by atoms with E-state index in [4.69, 9.17) is 9.47 Å². The Labute approximate surface area is 66.5 Å². The van der Waals surface area contributed by atoms with Gasteiger partial charge < -0.3 is 9.47 Å². The minimum Gasteiger partial charge on any atom is -0.497 e. The molecule has 60 valence electrons. The van der Waals surface area contributed by atoms with Crippen LogP contribution in [0, 0.1) is 5.92 Å². The van der Waals surface area contributed by atoms with Crippen LogP contribution >= 0.6 is 0 Å². The highest BCUT2D eigenvalue weighted by Gasteiger charge is 2.22. The second kappa shape index (κ2) is 3.09. The summed E-state index contributed by atoms with van der Waals surface area (Å²) in [7, 11) is 0. The number of rotatable bonds is 1. The molecular weight excluding hydrogens is 140 g/mol. The molecule has 11 heavy (non-hydrogen) atoms. The Kier molecular flexibility index (Phi) is 1.95. The van der Waals surface area contributed by atoms with E-state index in [2.05, 4.69) is 18.2 Å². The van der Waals surface area contributed by atoms with Gasteiger partial charge >= 0.3 is 0 Å². The third-order valence-electron chi connectivity index (χ3n) is 2.10. The van der Waals surface area contributed by atoms with Gasteiger partial charge in [-0.25, -0.2) is 0 Å². The predicted octanol–water partition coefficient (Wildman–Crippen LogP) is 1.49. The lowest BCUT2D eigenvalue weighted by molar-refractivity contribution is 0.0512. The van der Waals surface area contributed by atoms with E-state index < -0.39 is 0 Å². The SMILES string of the molecule is C1=CC(C2CC=CO2)COC1. The second-order valence-corrected chi connectivity index (χ2v) is 2.91. The lowest BCUT2D eigenvalue weighted by Crippen LogP contribution is -2.25. The van der Waals surface area contributed by atoms with Gasteiger partial charge in [0, 0.05) is 12.3 Å². The largest absolute Gasteiger partial charge is 0.497 e. The Morgan fingerprint density at radius 2 is 2.27 bits per heavy atom. The molecule has 0 aromatic heterocycles. The highest BCUT2D eigenvalue weighted by molar-refractivity contribution is 5.00. The van der Waals surface area contributed by atoms with Crippen LogP contribution in [0.5, 0.6) is 0 Å². The van der Waals surface area contributed by atoms with Crippen LogP contribution in [0.3, 0.4) is 0 Å². The molecule has 0 aliphatic carbocycles. The summed E-state index contributed by atoms with van der Waals surface area (Å²) in [6, 6.07) is 0. The molecular formula is C9H12O2. The fraction of sp³-hybridized carbons (Fsp3) is 0.556. The summed E-state index contributed by atoms with van der Waals surface area (Å²) in [5, 5.41) is 0. The van der Waals surface area contributed by atoms with Crippen molar-refractivity contribution < 1.29 is 9.47 Å². The average molecular weight is 152 g/mol. The van der Waals surface area contributed by atoms with E-state index in [1.165, 1.54) is 0 Å². The maximum absolute atomic E-state index is 5.38. The zero-order valence-electron chi connectivity index (χ0n) is 6.40. The van der Waals surface area contributed by atoms with Gasteiger partial charge in [-0.05, 0) is 6.08 Å². The third-order valence-corrected chi connectivity index (χ3v) is 2.10. The smallest absolute Gasteiger partial charge is 0.110 e. The normalized spacial score (nSPS) is 35.6. The lowest BCUT2D eigenvalue weighted by atomic mass is 10.00. The van der Waals surface area contributed by atoms with Gasteiger partial charge in [0.2, 0.25) is 0 Å². The number of hydrogen-bond donors (Lipinski definition) is 0. The molecule has 2 aliphatic heterocycles. The molecule has 0 N–H and O–H groups in total. The maximum Gasteiger partial charge on any atom is 0.110 e. The molecule has 2 unspecified atom stereocenters. The number of ether oxygens (including phenoxy) is 2. The Morgan fingerprint density at radius 3 is 2.91 bits per heavy atom. The third kappa shape index (κ3) is 1.46. The van der Waals surface area contributed by atoms with Crippen LogP contribution in [0.15, 0.2) is 24.5 Å². The molecule has 2 aliphatic rings. The zero-order chi connectivity index (χ0) is 7.52. The second-order valence-electron chi connectivity index (χ2n) is 2.91. The predicted molar refractivity (Wildman–Crippen MR) is 42.1 cm³/mol. The first-order valence-electron chi connectivity index (χ1n) is 4.02. The van der Waals surface area contributed by atoms with Crippen molar-refractivity contribution in [2.24, 2.45) is 5.92 Å². The zero-order valence-corrected chi connectivity index (χ0v) is 6.40. The van der Waals surface area contributed by atoms with E-state index in [0.29, 0.717) is 12.0 Å². The van der Waals surface area contributed by atoms with Crippen LogP contribution in [0.25, 0.3) is 0 Å². The quantitative estimate of drug-likeness (QED) is 0.530. The summed E-state index contributed by atoms with van der Waals surface area (Å²) in [4.78, 5) is 0. The van der Waals surface area contributed by atoms with Crippen molar-refractivity contribution in [1.82, 2.24) is 0 Å². The summed E-state index contributed by atoms with van der Waals surface area (Å²) in [6.07, 6.45) is 9.46. The summed E-state index contributed by atoms with van der Waals surface area (Å²) in [5.74, 6) is 0.457. The van der Waals surface area contributed by atoms with Gasteiger partial charge in [-0.15, -0.1) is 0 Å². The molecule has 0 bridgehead atoms. The summed E-state index contributed by atoms with van der Waals surface area (Å²) in [6.45, 7) is 1.57. The number of hydrogen-bond acceptors (Lipinski definition) is 2. The molecule has 2 heteroatoms. The van der Waals surface area contributed by atoms with Crippen LogP contribution in [0.2, 0.25) is 0 Å². The van der Waals surface area contributed by atoms with Crippen molar-refractivity contribution in [1.29, 1.82) is 0 Å². The molecule has 0 spiro atoms. The van der Waals surface area contributed by atoms with E-state index in [1.54, 1.807) is 6.26 Å². The molecule has 2 rings (SSSR count). The highest BCUT2D eigenvalue weighted by Crippen LogP contribution is 2.21. The van der Waals surface area contributed by atoms with Crippen molar-refractivity contribution in [3.63, 3.8) is 0 Å². The van der Waals surface area contributed by atoms with Crippen molar-refractivity contribution in [2.75, 3.05) is 13.2 Å². The molecule has 0 amide bonds. The summed E-state index contributed by atoms with van der Waals surface area (Å²) >= 11 is 0. The molecule has 0 fully saturated rings. The Morgan fingerprint density at radius 1 is 1.27 bits per heavy atom. The minimum atomic E-state index is 0.326. The molecule has 0 saturated heterocycles. The van der Waals surface area contributed by atoms with Crippen molar-refractivity contribution in [3.8, 4) is 0 Å². The first-order valence-corrected chi connectivity index (χ1v) is 4.02. The van der Waals surface area contributed by atoms with Crippen molar-refractivity contribution in [3.05, 3.63) is 24.5 Å². The summed E-state index contributed by atoms with van der Waals surface area (Å²) in [5.41, 5.74) is 0. The molecule has 0 aromatic rings. The Bertz CT molecular complexity index is 176. The van der Waals surface area contributed by atoms with Gasteiger partial charge in [0.05, 0.1) is 19.5 Å². The van der Waals surface area contributed by atoms with Gasteiger partial charge in [-0.3, -0.25) is 0 Å². The monoisotopic (exact) mass is 152 g/mol. The van der Waals surface area contributed by atoms with Crippen LogP contribution in [0.4, 0.5) is 0 Å². The van der Waals surface area contributed by atoms with Gasteiger partial charge in [-0.2, -0.15) is 0 Å². The van der Waals surface area contributed by atoms with E-state index in [1.807, 2.05) is 0 Å². The highest BCUT2D eigenvalue weighted by atomic mass is 16.5. The van der Waals surface area contributed by atoms with Crippen LogP contribution in [0.1, 0.15) is 6.42 Å². The van der Waals surface area contributed by atoms with Gasteiger partial charge in [-0.1, -0.05) is 12.2 Å². The first kappa shape index (κ1) is 6.92. The fourth-order valence-electron chi connectivity index (χ4n) is 1.47. The van der Waals surface area contributed by atoms with Gasteiger partial charge in [0.1, 0.15) is 6.10 Å². The van der Waals surface area contributed by atoms with Crippen LogP contribution in [-0.2, 0) is 9.47 Å². The molecule has 0 aromatic carbocycles.